The number of esters is 1. The molecule has 0 amide bonds. The number of terminal acetylenes is 1. The van der Waals surface area contributed by atoms with E-state index in [9.17, 15) is 9.59 Å². The van der Waals surface area contributed by atoms with Crippen molar-refractivity contribution >= 4 is 22.8 Å². The highest BCUT2D eigenvalue weighted by Gasteiger charge is 2.03. The summed E-state index contributed by atoms with van der Waals surface area (Å²) in [7, 11) is 0. The van der Waals surface area contributed by atoms with Crippen LogP contribution in [0.15, 0.2) is 0 Å². The van der Waals surface area contributed by atoms with Gasteiger partial charge in [-0.25, -0.2) is 0 Å². The van der Waals surface area contributed by atoms with E-state index in [4.69, 9.17) is 18.0 Å². The fraction of sp³-hybridized carbons (Fsp3) is 0.500. The van der Waals surface area contributed by atoms with Gasteiger partial charge in [0.25, 0.3) is 0 Å². The zero-order valence-corrected chi connectivity index (χ0v) is 7.26. The van der Waals surface area contributed by atoms with Gasteiger partial charge in [0.2, 0.25) is 5.24 Å². The lowest BCUT2D eigenvalue weighted by molar-refractivity contribution is -0.142. The molecule has 0 spiro atoms. The van der Waals surface area contributed by atoms with Gasteiger partial charge in [0, 0.05) is 12.8 Å². The predicted molar refractivity (Wildman–Crippen MR) is 44.5 cm³/mol. The lowest BCUT2D eigenvalue weighted by Gasteiger charge is -1.98. The first-order chi connectivity index (χ1) is 5.66. The minimum Gasteiger partial charge on any atom is -0.452 e. The van der Waals surface area contributed by atoms with E-state index in [0.29, 0.717) is 6.42 Å². The highest BCUT2D eigenvalue weighted by molar-refractivity contribution is 6.63. The van der Waals surface area contributed by atoms with E-state index >= 15 is 0 Å². The summed E-state index contributed by atoms with van der Waals surface area (Å²) in [6, 6.07) is 0. The third-order valence-electron chi connectivity index (χ3n) is 1.07. The molecule has 0 aliphatic heterocycles. The average Bonchev–Trinajstić information content (AvgIpc) is 2.00. The normalized spacial score (nSPS) is 8.67. The second kappa shape index (κ2) is 6.68. The maximum absolute atomic E-state index is 10.7. The number of hydrogen-bond donors (Lipinski definition) is 0. The summed E-state index contributed by atoms with van der Waals surface area (Å²) in [5, 5.41) is -0.445. The van der Waals surface area contributed by atoms with Gasteiger partial charge in [-0.3, -0.25) is 9.59 Å². The molecular weight excluding hydrogens is 180 g/mol. The quantitative estimate of drug-likeness (QED) is 0.369. The van der Waals surface area contributed by atoms with E-state index in [2.05, 4.69) is 10.7 Å². The molecule has 4 heteroatoms. The van der Waals surface area contributed by atoms with E-state index in [-0.39, 0.29) is 19.4 Å². The third kappa shape index (κ3) is 7.10. The van der Waals surface area contributed by atoms with Crippen molar-refractivity contribution in [2.24, 2.45) is 0 Å². The molecule has 0 bridgehead atoms. The molecule has 0 aromatic heterocycles. The molecule has 0 aliphatic rings. The Kier molecular flexibility index (Phi) is 6.12. The van der Waals surface area contributed by atoms with E-state index in [1.165, 1.54) is 0 Å². The second-order valence-electron chi connectivity index (χ2n) is 2.07. The van der Waals surface area contributed by atoms with Gasteiger partial charge in [-0.15, -0.1) is 6.42 Å². The van der Waals surface area contributed by atoms with Gasteiger partial charge in [-0.1, -0.05) is 5.92 Å². The SMILES string of the molecule is C#CCOC(=O)CCCC(=O)Cl. The first-order valence-corrected chi connectivity index (χ1v) is 3.82. The van der Waals surface area contributed by atoms with Gasteiger partial charge in [0.1, 0.15) is 0 Å². The van der Waals surface area contributed by atoms with Crippen molar-refractivity contribution in [2.75, 3.05) is 6.61 Å². The number of halogens is 1. The lowest BCUT2D eigenvalue weighted by atomic mass is 10.2. The van der Waals surface area contributed by atoms with Crippen molar-refractivity contribution in [3.8, 4) is 12.3 Å². The van der Waals surface area contributed by atoms with E-state index in [1.807, 2.05) is 0 Å². The minimum absolute atomic E-state index is 0.0202. The van der Waals surface area contributed by atoms with Gasteiger partial charge in [-0.2, -0.15) is 0 Å². The second-order valence-corrected chi connectivity index (χ2v) is 2.50. The van der Waals surface area contributed by atoms with Gasteiger partial charge in [-0.05, 0) is 18.0 Å². The molecule has 0 saturated heterocycles. The molecular formula is C8H9ClO3. The molecule has 0 rings (SSSR count). The van der Waals surface area contributed by atoms with Crippen LogP contribution in [0.1, 0.15) is 19.3 Å². The van der Waals surface area contributed by atoms with Crippen molar-refractivity contribution in [3.63, 3.8) is 0 Å². The molecule has 0 saturated carbocycles. The summed E-state index contributed by atoms with van der Waals surface area (Å²) >= 11 is 5.04. The van der Waals surface area contributed by atoms with Crippen molar-refractivity contribution in [1.82, 2.24) is 0 Å². The van der Waals surface area contributed by atoms with Crippen LogP contribution in [0.4, 0.5) is 0 Å². The number of carbonyl (C=O) groups is 2. The first-order valence-electron chi connectivity index (χ1n) is 3.44. The molecule has 0 atom stereocenters. The maximum atomic E-state index is 10.7. The Hall–Kier alpha value is -1.01. The third-order valence-corrected chi connectivity index (χ3v) is 1.26. The van der Waals surface area contributed by atoms with Gasteiger partial charge in [0.05, 0.1) is 0 Å². The smallest absolute Gasteiger partial charge is 0.306 e. The van der Waals surface area contributed by atoms with Gasteiger partial charge in [0.15, 0.2) is 6.61 Å². The van der Waals surface area contributed by atoms with Gasteiger partial charge < -0.3 is 4.74 Å². The number of rotatable bonds is 5. The molecule has 0 fully saturated rings. The number of carbonyl (C=O) groups excluding carboxylic acids is 2. The molecule has 0 aromatic rings. The standard InChI is InChI=1S/C8H9ClO3/c1-2-6-12-8(11)5-3-4-7(9)10/h1H,3-6H2. The Balaban J connectivity index is 3.33. The van der Waals surface area contributed by atoms with Crippen molar-refractivity contribution in [3.05, 3.63) is 0 Å². The summed E-state index contributed by atoms with van der Waals surface area (Å²) in [6.07, 6.45) is 5.63. The van der Waals surface area contributed by atoms with Crippen LogP contribution in [-0.4, -0.2) is 17.8 Å². The largest absolute Gasteiger partial charge is 0.452 e. The monoisotopic (exact) mass is 188 g/mol. The highest BCUT2D eigenvalue weighted by atomic mass is 35.5. The molecule has 12 heavy (non-hydrogen) atoms. The molecule has 0 radical (unpaired) electrons. The number of hydrogen-bond acceptors (Lipinski definition) is 3. The lowest BCUT2D eigenvalue weighted by Crippen LogP contribution is -2.04. The van der Waals surface area contributed by atoms with Crippen LogP contribution in [0.5, 0.6) is 0 Å². The van der Waals surface area contributed by atoms with Crippen LogP contribution in [-0.2, 0) is 14.3 Å². The Morgan fingerprint density at radius 3 is 2.58 bits per heavy atom. The van der Waals surface area contributed by atoms with Crippen LogP contribution < -0.4 is 0 Å². The zero-order chi connectivity index (χ0) is 9.40. The fourth-order valence-corrected chi connectivity index (χ4v) is 0.700. The molecule has 0 heterocycles. The first kappa shape index (κ1) is 11.0. The molecule has 0 aliphatic carbocycles. The summed E-state index contributed by atoms with van der Waals surface area (Å²) in [4.78, 5) is 20.9. The molecule has 3 nitrogen and oxygen atoms in total. The predicted octanol–water partition coefficient (Wildman–Crippen LogP) is 1.10. The van der Waals surface area contributed by atoms with Crippen LogP contribution in [0.3, 0.4) is 0 Å². The fourth-order valence-electron chi connectivity index (χ4n) is 0.566. The van der Waals surface area contributed by atoms with E-state index in [0.717, 1.165) is 0 Å². The van der Waals surface area contributed by atoms with Crippen molar-refractivity contribution in [1.29, 1.82) is 0 Å². The minimum atomic E-state index is -0.445. The van der Waals surface area contributed by atoms with Crippen LogP contribution >= 0.6 is 11.6 Å². The summed E-state index contributed by atoms with van der Waals surface area (Å²) in [5.41, 5.74) is 0. The zero-order valence-electron chi connectivity index (χ0n) is 6.51. The average molecular weight is 189 g/mol. The Morgan fingerprint density at radius 1 is 1.42 bits per heavy atom. The molecule has 0 N–H and O–H groups in total. The van der Waals surface area contributed by atoms with Crippen LogP contribution in [0.2, 0.25) is 0 Å². The topological polar surface area (TPSA) is 43.4 Å². The summed E-state index contributed by atoms with van der Waals surface area (Å²) in [6.45, 7) is -0.0202. The summed E-state index contributed by atoms with van der Waals surface area (Å²) < 4.78 is 4.54. The van der Waals surface area contributed by atoms with E-state index < -0.39 is 11.2 Å². The Labute approximate surface area is 76.0 Å². The van der Waals surface area contributed by atoms with Crippen molar-refractivity contribution < 1.29 is 14.3 Å². The molecule has 0 unspecified atom stereocenters. The van der Waals surface area contributed by atoms with Gasteiger partial charge >= 0.3 is 5.97 Å². The Bertz CT molecular complexity index is 205. The van der Waals surface area contributed by atoms with Crippen LogP contribution in [0, 0.1) is 12.3 Å². The van der Waals surface area contributed by atoms with Crippen LogP contribution in [0.25, 0.3) is 0 Å². The molecule has 0 aromatic carbocycles. The van der Waals surface area contributed by atoms with Crippen molar-refractivity contribution in [2.45, 2.75) is 19.3 Å². The molecule has 66 valence electrons. The highest BCUT2D eigenvalue weighted by Crippen LogP contribution is 2.00. The Morgan fingerprint density at radius 2 is 2.08 bits per heavy atom. The number of ether oxygens (including phenoxy) is 1. The summed E-state index contributed by atoms with van der Waals surface area (Å²) in [5.74, 6) is 1.76. The maximum Gasteiger partial charge on any atom is 0.306 e. The van der Waals surface area contributed by atoms with E-state index in [1.54, 1.807) is 0 Å².